The molecule has 1 aliphatic carbocycles. The summed E-state index contributed by atoms with van der Waals surface area (Å²) in [5.41, 5.74) is 2.69. The number of aliphatic hydroxyl groups excluding tert-OH is 1. The Kier molecular flexibility index (Phi) is 6.65. The maximum absolute atomic E-state index is 13.0. The van der Waals surface area contributed by atoms with Crippen LogP contribution in [-0.4, -0.2) is 31.7 Å². The molecule has 2 aromatic rings. The largest absolute Gasteiger partial charge is 0.460 e. The Hall–Kier alpha value is -2.22. The van der Waals surface area contributed by atoms with Crippen LogP contribution in [-0.2, 0) is 26.0 Å². The molecule has 1 aliphatic rings. The first-order valence-electron chi connectivity index (χ1n) is 10.2. The normalized spacial score (nSPS) is 20.6. The van der Waals surface area contributed by atoms with Crippen LogP contribution in [0, 0.1) is 18.8 Å². The van der Waals surface area contributed by atoms with Crippen molar-refractivity contribution in [1.29, 1.82) is 0 Å². The zero-order valence-electron chi connectivity index (χ0n) is 17.7. The molecule has 30 heavy (non-hydrogen) atoms. The molecule has 3 rings (SSSR count). The van der Waals surface area contributed by atoms with Crippen LogP contribution >= 0.6 is 0 Å². The summed E-state index contributed by atoms with van der Waals surface area (Å²) < 4.78 is 34.4. The van der Waals surface area contributed by atoms with Crippen LogP contribution in [0.3, 0.4) is 0 Å². The lowest BCUT2D eigenvalue weighted by atomic mass is 9.95. The maximum atomic E-state index is 13.0. The predicted octanol–water partition coefficient (Wildman–Crippen LogP) is 3.14. The van der Waals surface area contributed by atoms with Crippen LogP contribution in [0.25, 0.3) is 0 Å². The van der Waals surface area contributed by atoms with Crippen molar-refractivity contribution in [3.05, 3.63) is 65.2 Å². The highest BCUT2D eigenvalue weighted by Crippen LogP contribution is 2.35. The number of aliphatic hydroxyl groups is 1. The van der Waals surface area contributed by atoms with Gasteiger partial charge in [-0.05, 0) is 43.0 Å². The van der Waals surface area contributed by atoms with Gasteiger partial charge in [-0.1, -0.05) is 55.8 Å². The number of carbonyl (C=O) groups excluding carboxylic acids is 1. The average molecular weight is 432 g/mol. The molecule has 0 fully saturated rings. The monoisotopic (exact) mass is 431 g/mol. The number of ether oxygens (including phenoxy) is 1. The van der Waals surface area contributed by atoms with Crippen molar-refractivity contribution in [2.45, 2.75) is 57.3 Å². The third-order valence-electron chi connectivity index (χ3n) is 5.63. The highest BCUT2D eigenvalue weighted by molar-refractivity contribution is 7.89. The first kappa shape index (κ1) is 22.5. The molecule has 0 radical (unpaired) electrons. The number of hydrogen-bond donors (Lipinski definition) is 2. The van der Waals surface area contributed by atoms with E-state index in [1.807, 2.05) is 45.0 Å². The van der Waals surface area contributed by atoms with E-state index < -0.39 is 40.2 Å². The van der Waals surface area contributed by atoms with E-state index >= 15 is 0 Å². The SMILES string of the molecule is Cc1ccc(S(=O)(=O)N[C@@H]2c3ccccc3C[C@@H]2OC(=O)[C@H](C)[C@@H](O)C(C)C)cc1. The Bertz CT molecular complexity index is 1000. The summed E-state index contributed by atoms with van der Waals surface area (Å²) in [6.45, 7) is 7.18. The van der Waals surface area contributed by atoms with E-state index in [0.717, 1.165) is 16.7 Å². The van der Waals surface area contributed by atoms with E-state index in [1.165, 1.54) is 0 Å². The molecule has 0 saturated carbocycles. The first-order chi connectivity index (χ1) is 14.1. The van der Waals surface area contributed by atoms with Gasteiger partial charge in [0.2, 0.25) is 10.0 Å². The van der Waals surface area contributed by atoms with Crippen LogP contribution in [0.2, 0.25) is 0 Å². The second kappa shape index (κ2) is 8.88. The highest BCUT2D eigenvalue weighted by atomic mass is 32.2. The number of fused-ring (bicyclic) bond motifs is 1. The lowest BCUT2D eigenvalue weighted by molar-refractivity contribution is -0.159. The minimum atomic E-state index is -3.81. The van der Waals surface area contributed by atoms with Gasteiger partial charge in [-0.25, -0.2) is 8.42 Å². The molecule has 2 N–H and O–H groups in total. The van der Waals surface area contributed by atoms with E-state index in [-0.39, 0.29) is 10.8 Å². The molecule has 6 nitrogen and oxygen atoms in total. The zero-order chi connectivity index (χ0) is 22.1. The molecular formula is C23H29NO5S. The van der Waals surface area contributed by atoms with Crippen molar-refractivity contribution in [3.63, 3.8) is 0 Å². The third-order valence-corrected chi connectivity index (χ3v) is 7.09. The Morgan fingerprint density at radius 2 is 1.73 bits per heavy atom. The molecule has 4 atom stereocenters. The van der Waals surface area contributed by atoms with Gasteiger partial charge in [0.15, 0.2) is 0 Å². The van der Waals surface area contributed by atoms with Gasteiger partial charge in [0.25, 0.3) is 0 Å². The molecule has 162 valence electrons. The summed E-state index contributed by atoms with van der Waals surface area (Å²) in [6, 6.07) is 13.4. The maximum Gasteiger partial charge on any atom is 0.311 e. The van der Waals surface area contributed by atoms with Gasteiger partial charge < -0.3 is 9.84 Å². The molecule has 0 bridgehead atoms. The molecule has 0 spiro atoms. The number of rotatable bonds is 7. The third kappa shape index (κ3) is 4.74. The number of aryl methyl sites for hydroxylation is 1. The van der Waals surface area contributed by atoms with E-state index in [0.29, 0.717) is 6.42 Å². The minimum absolute atomic E-state index is 0.0934. The van der Waals surface area contributed by atoms with Crippen molar-refractivity contribution < 1.29 is 23.1 Å². The number of carbonyl (C=O) groups is 1. The van der Waals surface area contributed by atoms with Gasteiger partial charge in [0, 0.05) is 6.42 Å². The lowest BCUT2D eigenvalue weighted by Gasteiger charge is -2.26. The van der Waals surface area contributed by atoms with Crippen LogP contribution in [0.4, 0.5) is 0 Å². The summed E-state index contributed by atoms with van der Waals surface area (Å²) in [6.07, 6.45) is -1.10. The summed E-state index contributed by atoms with van der Waals surface area (Å²) in [7, 11) is -3.81. The average Bonchev–Trinajstić information content (AvgIpc) is 3.03. The van der Waals surface area contributed by atoms with Crippen molar-refractivity contribution >= 4 is 16.0 Å². The van der Waals surface area contributed by atoms with Gasteiger partial charge in [-0.15, -0.1) is 0 Å². The Morgan fingerprint density at radius 3 is 2.37 bits per heavy atom. The van der Waals surface area contributed by atoms with E-state index in [9.17, 15) is 18.3 Å². The number of hydrogen-bond acceptors (Lipinski definition) is 5. The Labute approximate surface area is 178 Å². The molecule has 0 unspecified atom stereocenters. The summed E-state index contributed by atoms with van der Waals surface area (Å²) >= 11 is 0. The second-order valence-corrected chi connectivity index (χ2v) is 10.0. The molecule has 0 heterocycles. The van der Waals surface area contributed by atoms with Crippen LogP contribution < -0.4 is 4.72 Å². The van der Waals surface area contributed by atoms with Crippen LogP contribution in [0.1, 0.15) is 43.5 Å². The van der Waals surface area contributed by atoms with E-state index in [2.05, 4.69) is 4.72 Å². The standard InChI is InChI=1S/C23H29NO5S/c1-14(2)22(25)16(4)23(26)29-20-13-17-7-5-6-8-19(17)21(20)24-30(27,28)18-11-9-15(3)10-12-18/h5-12,14,16,20-22,24-25H,13H2,1-4H3/t16-,20+,21-,22+/m1/s1. The van der Waals surface area contributed by atoms with Gasteiger partial charge in [-0.2, -0.15) is 4.72 Å². The second-order valence-electron chi connectivity index (χ2n) is 8.31. The molecule has 7 heteroatoms. The molecule has 2 aromatic carbocycles. The van der Waals surface area contributed by atoms with E-state index in [1.54, 1.807) is 31.2 Å². The summed E-state index contributed by atoms with van der Waals surface area (Å²) in [5, 5.41) is 10.2. The summed E-state index contributed by atoms with van der Waals surface area (Å²) in [5.74, 6) is -1.33. The van der Waals surface area contributed by atoms with Crippen LogP contribution in [0.15, 0.2) is 53.4 Å². The number of esters is 1. The number of benzene rings is 2. The molecule has 0 amide bonds. The first-order valence-corrected chi connectivity index (χ1v) is 11.6. The van der Waals surface area contributed by atoms with Crippen molar-refractivity contribution in [2.24, 2.45) is 11.8 Å². The molecule has 0 aliphatic heterocycles. The quantitative estimate of drug-likeness (QED) is 0.657. The van der Waals surface area contributed by atoms with Gasteiger partial charge >= 0.3 is 5.97 Å². The Morgan fingerprint density at radius 1 is 1.10 bits per heavy atom. The van der Waals surface area contributed by atoms with Gasteiger partial charge in [0.05, 0.1) is 23.0 Å². The number of sulfonamides is 1. The fourth-order valence-corrected chi connectivity index (χ4v) is 4.98. The van der Waals surface area contributed by atoms with E-state index in [4.69, 9.17) is 4.74 Å². The topological polar surface area (TPSA) is 92.7 Å². The highest BCUT2D eigenvalue weighted by Gasteiger charge is 2.39. The summed E-state index contributed by atoms with van der Waals surface area (Å²) in [4.78, 5) is 12.8. The minimum Gasteiger partial charge on any atom is -0.460 e. The zero-order valence-corrected chi connectivity index (χ0v) is 18.5. The van der Waals surface area contributed by atoms with Crippen molar-refractivity contribution in [3.8, 4) is 0 Å². The molecule has 0 saturated heterocycles. The van der Waals surface area contributed by atoms with Crippen molar-refractivity contribution in [2.75, 3.05) is 0 Å². The lowest BCUT2D eigenvalue weighted by Crippen LogP contribution is -2.39. The van der Waals surface area contributed by atoms with Gasteiger partial charge in [0.1, 0.15) is 6.10 Å². The fourth-order valence-electron chi connectivity index (χ4n) is 3.73. The Balaban J connectivity index is 1.85. The van der Waals surface area contributed by atoms with Crippen LogP contribution in [0.5, 0.6) is 0 Å². The van der Waals surface area contributed by atoms with Gasteiger partial charge in [-0.3, -0.25) is 4.79 Å². The predicted molar refractivity (Wildman–Crippen MR) is 114 cm³/mol. The molecular weight excluding hydrogens is 402 g/mol. The fraction of sp³-hybridized carbons (Fsp3) is 0.435. The smallest absolute Gasteiger partial charge is 0.311 e. The molecule has 0 aromatic heterocycles. The van der Waals surface area contributed by atoms with Crippen molar-refractivity contribution in [1.82, 2.24) is 4.72 Å². The number of nitrogens with one attached hydrogen (secondary N) is 1.